The van der Waals surface area contributed by atoms with Crippen molar-refractivity contribution >= 4 is 34.0 Å². The largest absolute Gasteiger partial charge is 0.497 e. The summed E-state index contributed by atoms with van der Waals surface area (Å²) in [6, 6.07) is 16.4. The van der Waals surface area contributed by atoms with Crippen molar-refractivity contribution in [2.24, 2.45) is 0 Å². The molecule has 1 aromatic heterocycles. The minimum absolute atomic E-state index is 0.0237. The number of amides is 2. The molecule has 3 aromatic rings. The van der Waals surface area contributed by atoms with Crippen LogP contribution < -0.4 is 20.7 Å². The molecule has 0 saturated carbocycles. The van der Waals surface area contributed by atoms with Gasteiger partial charge in [-0.2, -0.15) is 0 Å². The molecule has 1 heterocycles. The van der Waals surface area contributed by atoms with Crippen molar-refractivity contribution in [1.29, 1.82) is 0 Å². The second-order valence-corrected chi connectivity index (χ2v) is 8.29. The Morgan fingerprint density at radius 3 is 2.59 bits per heavy atom. The normalized spacial score (nSPS) is 12.5. The van der Waals surface area contributed by atoms with E-state index in [-0.39, 0.29) is 23.6 Å². The molecule has 32 heavy (non-hydrogen) atoms. The first-order valence-corrected chi connectivity index (χ1v) is 11.4. The number of benzene rings is 2. The molecule has 0 fully saturated rings. The number of carbonyl (C=O) groups excluding carboxylic acids is 2. The molecule has 7 nitrogen and oxygen atoms in total. The lowest BCUT2D eigenvalue weighted by Crippen LogP contribution is -2.50. The number of carbonyl (C=O) groups is 2. The van der Waals surface area contributed by atoms with E-state index in [1.807, 2.05) is 68.4 Å². The maximum absolute atomic E-state index is 12.9. The van der Waals surface area contributed by atoms with Crippen LogP contribution in [0.25, 0.3) is 0 Å². The highest BCUT2D eigenvalue weighted by Gasteiger charge is 2.24. The number of thiazole rings is 1. The highest BCUT2D eigenvalue weighted by molar-refractivity contribution is 7.14. The van der Waals surface area contributed by atoms with Crippen molar-refractivity contribution in [1.82, 2.24) is 15.6 Å². The molecule has 2 amide bonds. The number of hydrogen-bond acceptors (Lipinski definition) is 6. The van der Waals surface area contributed by atoms with Gasteiger partial charge < -0.3 is 20.7 Å². The summed E-state index contributed by atoms with van der Waals surface area (Å²) in [5.41, 5.74) is 2.03. The average Bonchev–Trinajstić information content (AvgIpc) is 3.27. The summed E-state index contributed by atoms with van der Waals surface area (Å²) in [5.74, 6) is 0.127. The zero-order valence-electron chi connectivity index (χ0n) is 18.4. The second kappa shape index (κ2) is 11.3. The Hall–Kier alpha value is -3.39. The van der Waals surface area contributed by atoms with E-state index in [4.69, 9.17) is 4.74 Å². The van der Waals surface area contributed by atoms with E-state index in [1.165, 1.54) is 11.3 Å². The Morgan fingerprint density at radius 2 is 1.88 bits per heavy atom. The van der Waals surface area contributed by atoms with Crippen LogP contribution in [0.1, 0.15) is 36.3 Å². The van der Waals surface area contributed by atoms with E-state index in [9.17, 15) is 9.59 Å². The molecule has 3 N–H and O–H groups in total. The fourth-order valence-electron chi connectivity index (χ4n) is 3.00. The van der Waals surface area contributed by atoms with Gasteiger partial charge >= 0.3 is 0 Å². The summed E-state index contributed by atoms with van der Waals surface area (Å²) in [6.07, 6.45) is 1.21. The lowest BCUT2D eigenvalue weighted by atomic mass is 10.0. The van der Waals surface area contributed by atoms with Crippen LogP contribution in [0.15, 0.2) is 60.0 Å². The Bertz CT molecular complexity index is 1040. The molecule has 0 radical (unpaired) electrons. The molecule has 3 rings (SSSR count). The predicted molar refractivity (Wildman–Crippen MR) is 128 cm³/mol. The molecule has 168 valence electrons. The summed E-state index contributed by atoms with van der Waals surface area (Å²) in [6.45, 7) is 3.94. The molecule has 0 aliphatic carbocycles. The van der Waals surface area contributed by atoms with Crippen LogP contribution in [0.5, 0.6) is 5.75 Å². The zero-order valence-corrected chi connectivity index (χ0v) is 19.2. The molecule has 0 aliphatic rings. The smallest absolute Gasteiger partial charge is 0.271 e. The lowest BCUT2D eigenvalue weighted by molar-refractivity contribution is -0.123. The van der Waals surface area contributed by atoms with Crippen molar-refractivity contribution < 1.29 is 14.3 Å². The summed E-state index contributed by atoms with van der Waals surface area (Å²) >= 11 is 1.32. The van der Waals surface area contributed by atoms with Gasteiger partial charge in [0.25, 0.3) is 5.91 Å². The van der Waals surface area contributed by atoms with Crippen molar-refractivity contribution in [3.63, 3.8) is 0 Å². The highest BCUT2D eigenvalue weighted by Crippen LogP contribution is 2.24. The van der Waals surface area contributed by atoms with Crippen molar-refractivity contribution in [2.45, 2.75) is 38.8 Å². The first-order chi connectivity index (χ1) is 15.5. The van der Waals surface area contributed by atoms with Gasteiger partial charge in [-0.15, -0.1) is 11.3 Å². The van der Waals surface area contributed by atoms with Gasteiger partial charge in [-0.25, -0.2) is 4.98 Å². The number of methoxy groups -OCH3 is 1. The van der Waals surface area contributed by atoms with Gasteiger partial charge in [0.05, 0.1) is 7.11 Å². The molecule has 2 atom stereocenters. The number of nitrogens with one attached hydrogen (secondary N) is 3. The Labute approximate surface area is 192 Å². The monoisotopic (exact) mass is 452 g/mol. The van der Waals surface area contributed by atoms with Crippen LogP contribution >= 0.6 is 11.3 Å². The summed E-state index contributed by atoms with van der Waals surface area (Å²) in [5, 5.41) is 11.2. The minimum Gasteiger partial charge on any atom is -0.497 e. The topological polar surface area (TPSA) is 92.4 Å². The fraction of sp³-hybridized carbons (Fsp3) is 0.292. The van der Waals surface area contributed by atoms with Crippen molar-refractivity contribution in [3.05, 3.63) is 71.2 Å². The number of hydrogen-bond donors (Lipinski definition) is 3. The third kappa shape index (κ3) is 6.55. The minimum atomic E-state index is -0.699. The molecular weight excluding hydrogens is 424 g/mol. The van der Waals surface area contributed by atoms with E-state index in [0.29, 0.717) is 11.6 Å². The maximum Gasteiger partial charge on any atom is 0.271 e. The summed E-state index contributed by atoms with van der Waals surface area (Å²) in [7, 11) is 1.61. The van der Waals surface area contributed by atoms with E-state index >= 15 is 0 Å². The average molecular weight is 453 g/mol. The molecule has 0 saturated heterocycles. The number of ether oxygens (including phenoxy) is 1. The molecule has 8 heteroatoms. The number of rotatable bonds is 10. The van der Waals surface area contributed by atoms with Crippen LogP contribution in [-0.4, -0.2) is 36.0 Å². The molecule has 0 unspecified atom stereocenters. The van der Waals surface area contributed by atoms with E-state index in [1.54, 1.807) is 12.5 Å². The molecule has 0 bridgehead atoms. The third-order valence-corrected chi connectivity index (χ3v) is 5.72. The van der Waals surface area contributed by atoms with Gasteiger partial charge in [0.15, 0.2) is 5.13 Å². The van der Waals surface area contributed by atoms with Crippen LogP contribution in [0.2, 0.25) is 0 Å². The standard InChI is InChI=1S/C24H28N4O3S/c1-4-16(2)25-22(29)20(13-17-9-6-5-7-10-17)27-23(30)21-15-32-24(28-21)26-18-11-8-12-19(14-18)31-3/h5-12,14-16,20H,4,13H2,1-3H3,(H,25,29)(H,26,28)(H,27,30)/t16-,20+/m1/s1. The van der Waals surface area contributed by atoms with E-state index in [0.717, 1.165) is 23.4 Å². The molecular formula is C24H28N4O3S. The van der Waals surface area contributed by atoms with Gasteiger partial charge in [-0.1, -0.05) is 43.3 Å². The maximum atomic E-state index is 12.9. The molecule has 2 aromatic carbocycles. The van der Waals surface area contributed by atoms with Crippen molar-refractivity contribution in [2.75, 3.05) is 12.4 Å². The van der Waals surface area contributed by atoms with Gasteiger partial charge in [0.2, 0.25) is 5.91 Å². The predicted octanol–water partition coefficient (Wildman–Crippen LogP) is 4.15. The van der Waals surface area contributed by atoms with E-state index < -0.39 is 6.04 Å². The van der Waals surface area contributed by atoms with Gasteiger partial charge in [-0.05, 0) is 31.0 Å². The first kappa shape index (κ1) is 23.3. The molecule has 0 aliphatic heterocycles. The van der Waals surface area contributed by atoms with Crippen LogP contribution in [0.4, 0.5) is 10.8 Å². The van der Waals surface area contributed by atoms with Gasteiger partial charge in [0.1, 0.15) is 17.5 Å². The fourth-order valence-corrected chi connectivity index (χ4v) is 3.71. The summed E-state index contributed by atoms with van der Waals surface area (Å²) < 4.78 is 5.23. The second-order valence-electron chi connectivity index (χ2n) is 7.43. The Balaban J connectivity index is 1.70. The highest BCUT2D eigenvalue weighted by atomic mass is 32.1. The number of anilines is 2. The quantitative estimate of drug-likeness (QED) is 0.430. The first-order valence-electron chi connectivity index (χ1n) is 10.5. The van der Waals surface area contributed by atoms with Gasteiger partial charge in [-0.3, -0.25) is 9.59 Å². The Morgan fingerprint density at radius 1 is 1.09 bits per heavy atom. The number of nitrogens with zero attached hydrogens (tertiary/aromatic N) is 1. The van der Waals surface area contributed by atoms with Crippen LogP contribution in [0.3, 0.4) is 0 Å². The Kier molecular flexibility index (Phi) is 8.21. The lowest BCUT2D eigenvalue weighted by Gasteiger charge is -2.20. The van der Waals surface area contributed by atoms with Crippen LogP contribution in [-0.2, 0) is 11.2 Å². The van der Waals surface area contributed by atoms with Gasteiger partial charge in [0, 0.05) is 29.6 Å². The van der Waals surface area contributed by atoms with E-state index in [2.05, 4.69) is 20.9 Å². The SMILES string of the molecule is CC[C@@H](C)NC(=O)[C@H](Cc1ccccc1)NC(=O)c1csc(Nc2cccc(OC)c2)n1. The van der Waals surface area contributed by atoms with Crippen molar-refractivity contribution in [3.8, 4) is 5.75 Å². The molecule has 0 spiro atoms. The van der Waals surface area contributed by atoms with Crippen LogP contribution in [0, 0.1) is 0 Å². The number of aromatic nitrogens is 1. The summed E-state index contributed by atoms with van der Waals surface area (Å²) in [4.78, 5) is 30.1. The zero-order chi connectivity index (χ0) is 22.9. The third-order valence-electron chi connectivity index (χ3n) is 4.96.